The van der Waals surface area contributed by atoms with Crippen LogP contribution < -0.4 is 0 Å². The molecule has 1 aromatic rings. The minimum atomic E-state index is -0.734. The number of aryl methyl sites for hydroxylation is 1. The van der Waals surface area contributed by atoms with E-state index in [9.17, 15) is 14.3 Å². The van der Waals surface area contributed by atoms with E-state index in [-0.39, 0.29) is 11.7 Å². The van der Waals surface area contributed by atoms with Crippen LogP contribution in [-0.2, 0) is 11.2 Å². The Kier molecular flexibility index (Phi) is 7.09. The first-order valence-electron chi connectivity index (χ1n) is 10.7. The Morgan fingerprint density at radius 1 is 1.00 bits per heavy atom. The lowest BCUT2D eigenvalue weighted by Crippen LogP contribution is -2.27. The molecule has 0 saturated heterocycles. The normalized spacial score (nSPS) is 29.5. The molecule has 0 unspecified atom stereocenters. The van der Waals surface area contributed by atoms with E-state index < -0.39 is 5.97 Å². The zero-order chi connectivity index (χ0) is 19.2. The average Bonchev–Trinajstić information content (AvgIpc) is 2.69. The standard InChI is InChI=1S/C24H33FO2/c1-2-23(24(26)27)21-13-11-20(12-14-21)19-9-5-17(6-10-19)3-4-18-7-15-22(25)16-8-18/h2,7-8,15-17,19-21H,3-6,9-14H2,1H3,(H,26,27)/t17-,19-,20-,21-. The van der Waals surface area contributed by atoms with Crippen LogP contribution in [0.5, 0.6) is 0 Å². The number of rotatable bonds is 6. The second-order valence-corrected chi connectivity index (χ2v) is 8.61. The van der Waals surface area contributed by atoms with E-state index in [1.54, 1.807) is 18.2 Å². The molecule has 148 valence electrons. The van der Waals surface area contributed by atoms with Gasteiger partial charge < -0.3 is 5.11 Å². The largest absolute Gasteiger partial charge is 0.478 e. The van der Waals surface area contributed by atoms with Gasteiger partial charge in [-0.15, -0.1) is 0 Å². The Hall–Kier alpha value is -1.64. The van der Waals surface area contributed by atoms with Crippen molar-refractivity contribution in [1.29, 1.82) is 0 Å². The van der Waals surface area contributed by atoms with E-state index in [0.29, 0.717) is 5.57 Å². The maximum absolute atomic E-state index is 13.0. The highest BCUT2D eigenvalue weighted by Gasteiger charge is 2.32. The van der Waals surface area contributed by atoms with Gasteiger partial charge in [0.2, 0.25) is 0 Å². The van der Waals surface area contributed by atoms with E-state index >= 15 is 0 Å². The Morgan fingerprint density at radius 2 is 1.56 bits per heavy atom. The summed E-state index contributed by atoms with van der Waals surface area (Å²) >= 11 is 0. The summed E-state index contributed by atoms with van der Waals surface area (Å²) in [6.07, 6.45) is 13.8. The maximum Gasteiger partial charge on any atom is 0.331 e. The first kappa shape index (κ1) is 20.1. The molecule has 3 heteroatoms. The molecular formula is C24H33FO2. The highest BCUT2D eigenvalue weighted by molar-refractivity contribution is 5.87. The monoisotopic (exact) mass is 372 g/mol. The number of carboxylic acid groups (broad SMARTS) is 1. The molecule has 0 spiro atoms. The topological polar surface area (TPSA) is 37.3 Å². The molecule has 3 rings (SSSR count). The van der Waals surface area contributed by atoms with E-state index in [0.717, 1.165) is 37.0 Å². The summed E-state index contributed by atoms with van der Waals surface area (Å²) in [6.45, 7) is 1.85. The molecule has 2 aliphatic carbocycles. The van der Waals surface area contributed by atoms with Gasteiger partial charge in [0, 0.05) is 5.57 Å². The van der Waals surface area contributed by atoms with Crippen molar-refractivity contribution in [2.24, 2.45) is 23.7 Å². The number of hydrogen-bond acceptors (Lipinski definition) is 1. The van der Waals surface area contributed by atoms with Gasteiger partial charge >= 0.3 is 5.97 Å². The second kappa shape index (κ2) is 9.52. The van der Waals surface area contributed by atoms with Gasteiger partial charge in [0.1, 0.15) is 5.82 Å². The number of aliphatic carboxylic acids is 1. The van der Waals surface area contributed by atoms with E-state index in [1.165, 1.54) is 50.5 Å². The molecule has 2 nitrogen and oxygen atoms in total. The van der Waals surface area contributed by atoms with E-state index in [2.05, 4.69) is 0 Å². The smallest absolute Gasteiger partial charge is 0.331 e. The molecule has 2 saturated carbocycles. The predicted octanol–water partition coefficient (Wildman–Crippen LogP) is 6.40. The third-order valence-electron chi connectivity index (χ3n) is 7.08. The molecule has 0 aromatic heterocycles. The van der Waals surface area contributed by atoms with Crippen molar-refractivity contribution in [1.82, 2.24) is 0 Å². The van der Waals surface area contributed by atoms with Crippen LogP contribution in [0.2, 0.25) is 0 Å². The molecule has 1 N–H and O–H groups in total. The predicted molar refractivity (Wildman–Crippen MR) is 107 cm³/mol. The van der Waals surface area contributed by atoms with Crippen LogP contribution in [0.3, 0.4) is 0 Å². The lowest BCUT2D eigenvalue weighted by molar-refractivity contribution is -0.133. The first-order valence-corrected chi connectivity index (χ1v) is 10.7. The summed E-state index contributed by atoms with van der Waals surface area (Å²) in [5.74, 6) is 1.82. The lowest BCUT2D eigenvalue weighted by atomic mass is 9.67. The summed E-state index contributed by atoms with van der Waals surface area (Å²) in [5, 5.41) is 9.33. The Labute approximate surface area is 162 Å². The third kappa shape index (κ3) is 5.43. The van der Waals surface area contributed by atoms with Crippen molar-refractivity contribution in [3.8, 4) is 0 Å². The molecule has 0 heterocycles. The fourth-order valence-electron chi connectivity index (χ4n) is 5.41. The minimum Gasteiger partial charge on any atom is -0.478 e. The lowest BCUT2D eigenvalue weighted by Gasteiger charge is -2.38. The minimum absolute atomic E-state index is 0.154. The van der Waals surface area contributed by atoms with Gasteiger partial charge in [0.05, 0.1) is 0 Å². The zero-order valence-electron chi connectivity index (χ0n) is 16.5. The van der Waals surface area contributed by atoms with Crippen molar-refractivity contribution >= 4 is 5.97 Å². The average molecular weight is 373 g/mol. The molecule has 2 aliphatic rings. The van der Waals surface area contributed by atoms with Gasteiger partial charge in [-0.3, -0.25) is 0 Å². The van der Waals surface area contributed by atoms with Gasteiger partial charge in [-0.25, -0.2) is 9.18 Å². The van der Waals surface area contributed by atoms with Crippen molar-refractivity contribution < 1.29 is 14.3 Å². The molecule has 2 fully saturated rings. The van der Waals surface area contributed by atoms with Crippen molar-refractivity contribution in [2.45, 2.75) is 71.1 Å². The molecule has 0 amide bonds. The second-order valence-electron chi connectivity index (χ2n) is 8.61. The number of carboxylic acids is 1. The van der Waals surface area contributed by atoms with Crippen LogP contribution in [0, 0.1) is 29.5 Å². The Balaban J connectivity index is 1.39. The van der Waals surface area contributed by atoms with Crippen LogP contribution in [0.4, 0.5) is 4.39 Å². The molecule has 0 bridgehead atoms. The fraction of sp³-hybridized carbons (Fsp3) is 0.625. The van der Waals surface area contributed by atoms with Gasteiger partial charge in [-0.2, -0.15) is 0 Å². The SMILES string of the molecule is CC=C(C(=O)O)[C@H]1CC[C@H]([C@H]2CC[C@H](CCc3ccc(F)cc3)CC2)CC1. The molecule has 0 aliphatic heterocycles. The van der Waals surface area contributed by atoms with Gasteiger partial charge in [-0.1, -0.05) is 31.1 Å². The molecular weight excluding hydrogens is 339 g/mol. The number of halogens is 1. The Bertz CT molecular complexity index is 633. The van der Waals surface area contributed by atoms with Gasteiger partial charge in [0.25, 0.3) is 0 Å². The number of carbonyl (C=O) groups is 1. The van der Waals surface area contributed by atoms with Crippen molar-refractivity contribution in [2.75, 3.05) is 0 Å². The van der Waals surface area contributed by atoms with Crippen LogP contribution in [0.15, 0.2) is 35.9 Å². The maximum atomic E-state index is 13.0. The van der Waals surface area contributed by atoms with Crippen LogP contribution in [-0.4, -0.2) is 11.1 Å². The summed E-state index contributed by atoms with van der Waals surface area (Å²) in [6, 6.07) is 6.95. The molecule has 1 aromatic carbocycles. The van der Waals surface area contributed by atoms with Crippen molar-refractivity contribution in [3.63, 3.8) is 0 Å². The Morgan fingerprint density at radius 3 is 2.07 bits per heavy atom. The molecule has 0 radical (unpaired) electrons. The van der Waals surface area contributed by atoms with Gasteiger partial charge in [-0.05, 0) is 99.7 Å². The van der Waals surface area contributed by atoms with Gasteiger partial charge in [0.15, 0.2) is 0 Å². The number of hydrogen-bond donors (Lipinski definition) is 1. The summed E-state index contributed by atoms with van der Waals surface area (Å²) in [7, 11) is 0. The van der Waals surface area contributed by atoms with Crippen LogP contribution >= 0.6 is 0 Å². The number of benzene rings is 1. The summed E-state index contributed by atoms with van der Waals surface area (Å²) < 4.78 is 13.0. The highest BCUT2D eigenvalue weighted by Crippen LogP contribution is 2.43. The molecule has 27 heavy (non-hydrogen) atoms. The van der Waals surface area contributed by atoms with E-state index in [4.69, 9.17) is 0 Å². The summed E-state index contributed by atoms with van der Waals surface area (Å²) in [5.41, 5.74) is 1.87. The summed E-state index contributed by atoms with van der Waals surface area (Å²) in [4.78, 5) is 11.3. The van der Waals surface area contributed by atoms with Crippen LogP contribution in [0.1, 0.15) is 70.3 Å². The third-order valence-corrected chi connectivity index (χ3v) is 7.08. The quantitative estimate of drug-likeness (QED) is 0.586. The number of allylic oxidation sites excluding steroid dienone is 1. The molecule has 0 atom stereocenters. The first-order chi connectivity index (χ1) is 13.1. The highest BCUT2D eigenvalue weighted by atomic mass is 19.1. The van der Waals surface area contributed by atoms with Crippen LogP contribution in [0.25, 0.3) is 0 Å². The fourth-order valence-corrected chi connectivity index (χ4v) is 5.41. The zero-order valence-corrected chi connectivity index (χ0v) is 16.5. The van der Waals surface area contributed by atoms with Crippen molar-refractivity contribution in [3.05, 3.63) is 47.3 Å². The van der Waals surface area contributed by atoms with E-state index in [1.807, 2.05) is 19.1 Å².